The molecule has 22 rings (SSSR count). The molecule has 0 aliphatic carbocycles. The van der Waals surface area contributed by atoms with Crippen molar-refractivity contribution >= 4 is 198 Å². The summed E-state index contributed by atoms with van der Waals surface area (Å²) < 4.78 is 0. The van der Waals surface area contributed by atoms with Crippen molar-refractivity contribution in [1.29, 1.82) is 0 Å². The van der Waals surface area contributed by atoms with Gasteiger partial charge >= 0.3 is 134 Å². The van der Waals surface area contributed by atoms with E-state index >= 15 is 0 Å². The summed E-state index contributed by atoms with van der Waals surface area (Å²) >= 11 is 0. The number of rotatable bonds is 10. The average molecular weight is 3050 g/mol. The SMILES string of the molecule is C[PH+](C)C[PH+](C)C.C[PH+](C)C[PH+](c1ccccc1)c1ccccc1.C[PH+](C[PH+](C)c1ccccc1)c1ccccc1.[Au+].[Au+].[Au+].[Au+].[Au+].[Au+].[C-]#Cc1c2ccccc2cc2ccccc12.[C-]#Cc1c2ccccc2cc2ccccc12.[C-]#Cc1c2ccccc2cc2ccccc12.[C-]#Cc1c2ccccc2cc2ccccc12.[C-]#Cc1c2ccccc2cc2ccccc12.[C-]#Cc1c2ccccc2cc2ccccc12. The first kappa shape index (κ1) is 119. The van der Waals surface area contributed by atoms with Crippen LogP contribution in [-0.2, 0) is 134 Å². The topological polar surface area (TPSA) is 0 Å². The molecule has 2 unspecified atom stereocenters. The van der Waals surface area contributed by atoms with Crippen molar-refractivity contribution in [3.8, 4) is 35.5 Å². The van der Waals surface area contributed by atoms with E-state index in [0.29, 0.717) is 0 Å². The van der Waals surface area contributed by atoms with Crippen molar-refractivity contribution < 1.29 is 134 Å². The van der Waals surface area contributed by atoms with E-state index in [1.807, 2.05) is 218 Å². The minimum Gasteiger partial charge on any atom is -0.366 e. The van der Waals surface area contributed by atoms with E-state index in [0.717, 1.165) is 163 Å². The van der Waals surface area contributed by atoms with E-state index in [1.165, 1.54) is 11.8 Å². The van der Waals surface area contributed by atoms with Crippen LogP contribution in [0.4, 0.5) is 0 Å². The molecule has 0 bridgehead atoms. The van der Waals surface area contributed by atoms with Gasteiger partial charge in [-0.2, -0.15) is 0 Å². The van der Waals surface area contributed by atoms with Crippen LogP contribution in [0.1, 0.15) is 33.4 Å². The van der Waals surface area contributed by atoms with Gasteiger partial charge in [-0.3, -0.25) is 35.5 Å². The normalized spacial score (nSPS) is 10.6. The Bertz CT molecular complexity index is 6790. The summed E-state index contributed by atoms with van der Waals surface area (Å²) in [5.74, 6) is 19.8. The second-order valence-electron chi connectivity index (χ2n) is 34.6. The van der Waals surface area contributed by atoms with Gasteiger partial charge in [0.1, 0.15) is 18.5 Å². The fourth-order valence-electron chi connectivity index (χ4n) is 17.6. The quantitative estimate of drug-likeness (QED) is 0.0421. The molecule has 2 atom stereocenters. The molecular formula is C131H110Au6P6+6. The zero-order valence-electron chi connectivity index (χ0n) is 80.7. The van der Waals surface area contributed by atoms with E-state index in [4.69, 9.17) is 38.5 Å². The molecule has 0 saturated carbocycles. The summed E-state index contributed by atoms with van der Waals surface area (Å²) in [6.07, 6.45) is 44.7. The van der Waals surface area contributed by atoms with Gasteiger partial charge in [-0.05, 0) is 150 Å². The van der Waals surface area contributed by atoms with Gasteiger partial charge in [0, 0.05) is 63.8 Å². The summed E-state index contributed by atoms with van der Waals surface area (Å²) in [6.45, 7) is 19.3. The molecular weight excluding hydrogens is 2940 g/mol. The van der Waals surface area contributed by atoms with Crippen LogP contribution in [-0.4, -0.2) is 71.0 Å². The standard InChI is InChI=1S/6C16H9.2C15H18P2.C5H14P2.6Au/c6*1-2-14-15-9-5-3-7-12(15)11-13-8-4-6-10-16(13)14;1-16(14-9-5-3-6-10-14)13-17(2)15-11-7-4-8-12-15;1-16(2)13-17(14-9-5-3-6-10-14)15-11-7-4-8-12-15;1-6(2)5-7(3)4;;;;;;/h6*3-11H;2*3-12H,13H2,1-2H3;5H2,1-4H3;;;;;;/q6*-1;;;;6*+1/p+6. The first-order valence-corrected chi connectivity index (χ1v) is 60.4. The average Bonchev–Trinajstić information content (AvgIpc) is 0.801. The molecule has 0 saturated heterocycles. The minimum absolute atomic E-state index is 0. The van der Waals surface area contributed by atoms with Crippen LogP contribution < -0.4 is 21.2 Å². The van der Waals surface area contributed by atoms with Crippen molar-refractivity contribution in [2.45, 2.75) is 0 Å². The largest absolute Gasteiger partial charge is 1.00 e. The third-order valence-corrected chi connectivity index (χ3v) is 42.8. The molecule has 0 spiro atoms. The van der Waals surface area contributed by atoms with Crippen molar-refractivity contribution in [2.75, 3.05) is 71.0 Å². The molecule has 0 radical (unpaired) electrons. The van der Waals surface area contributed by atoms with Crippen LogP contribution in [0.3, 0.4) is 0 Å². The van der Waals surface area contributed by atoms with E-state index < -0.39 is 7.92 Å². The number of fused-ring (bicyclic) bond motifs is 12. The molecule has 0 heterocycles. The summed E-state index contributed by atoms with van der Waals surface area (Å²) in [5, 5.41) is 33.3. The molecule has 0 aromatic heterocycles. The van der Waals surface area contributed by atoms with E-state index in [2.05, 4.69) is 319 Å². The third kappa shape index (κ3) is 31.7. The van der Waals surface area contributed by atoms with Crippen LogP contribution in [0.15, 0.2) is 449 Å². The van der Waals surface area contributed by atoms with Crippen molar-refractivity contribution in [2.24, 2.45) is 0 Å². The molecule has 0 amide bonds. The minimum atomic E-state index is -0.554. The first-order valence-electron chi connectivity index (χ1n) is 46.2. The number of benzene rings is 22. The van der Waals surface area contributed by atoms with Gasteiger partial charge in [0.15, 0.2) is 17.7 Å². The maximum Gasteiger partial charge on any atom is 1.00 e. The molecule has 0 nitrogen and oxygen atoms in total. The smallest absolute Gasteiger partial charge is 0.366 e. The summed E-state index contributed by atoms with van der Waals surface area (Å²) in [4.78, 5) is 0. The molecule has 22 aromatic carbocycles. The van der Waals surface area contributed by atoms with E-state index in [9.17, 15) is 0 Å². The van der Waals surface area contributed by atoms with Gasteiger partial charge in [-0.25, -0.2) is 0 Å². The molecule has 12 heteroatoms. The van der Waals surface area contributed by atoms with Crippen molar-refractivity contribution in [3.63, 3.8) is 0 Å². The van der Waals surface area contributed by atoms with Gasteiger partial charge in [-0.15, -0.1) is 33.4 Å². The maximum absolute atomic E-state index is 7.46. The second-order valence-corrected chi connectivity index (χ2v) is 52.4. The molecule has 22 aromatic rings. The Morgan fingerprint density at radius 2 is 0.280 bits per heavy atom. The van der Waals surface area contributed by atoms with E-state index in [-0.39, 0.29) is 174 Å². The summed E-state index contributed by atoms with van der Waals surface area (Å²) in [6, 6.07) is 155. The zero-order chi connectivity index (χ0) is 95.8. The Morgan fingerprint density at radius 1 is 0.154 bits per heavy atom. The van der Waals surface area contributed by atoms with Gasteiger partial charge in [0.05, 0.1) is 39.8 Å². The fraction of sp³-hybridized carbons (Fsp3) is 0.0840. The molecule has 0 fully saturated rings. The Balaban J connectivity index is 0.000000197. The Morgan fingerprint density at radius 3 is 0.406 bits per heavy atom. The second kappa shape index (κ2) is 61.1. The van der Waals surface area contributed by atoms with Gasteiger partial charge in [0.25, 0.3) is 0 Å². The predicted octanol–water partition coefficient (Wildman–Crippen LogP) is 32.0. The Kier molecular flexibility index (Phi) is 50.6. The predicted molar refractivity (Wildman–Crippen MR) is 622 cm³/mol. The Labute approximate surface area is 948 Å². The van der Waals surface area contributed by atoms with Gasteiger partial charge in [0.2, 0.25) is 0 Å². The molecule has 0 N–H and O–H groups in total. The van der Waals surface area contributed by atoms with Crippen molar-refractivity contribution in [1.82, 2.24) is 0 Å². The molecule has 0 aliphatic rings. The molecule has 0 aliphatic heterocycles. The van der Waals surface area contributed by atoms with Crippen LogP contribution in [0.25, 0.3) is 129 Å². The van der Waals surface area contributed by atoms with Crippen molar-refractivity contribution in [3.05, 3.63) is 521 Å². The van der Waals surface area contributed by atoms with Crippen LogP contribution >= 0.6 is 47.5 Å². The number of hydrogen-bond donors (Lipinski definition) is 0. The number of hydrogen-bond acceptors (Lipinski definition) is 0. The third-order valence-electron chi connectivity index (χ3n) is 23.9. The summed E-state index contributed by atoms with van der Waals surface area (Å²) in [7, 11) is -1.25. The Hall–Kier alpha value is -9.66. The zero-order valence-corrected chi connectivity index (χ0v) is 99.7. The van der Waals surface area contributed by atoms with Crippen LogP contribution in [0, 0.1) is 74.1 Å². The maximum atomic E-state index is 7.46. The van der Waals surface area contributed by atoms with Gasteiger partial charge < -0.3 is 38.5 Å². The molecule has 143 heavy (non-hydrogen) atoms. The summed E-state index contributed by atoms with van der Waals surface area (Å²) in [5.41, 5.74) is 5.30. The van der Waals surface area contributed by atoms with E-state index in [1.54, 1.807) is 27.1 Å². The first-order chi connectivity index (χ1) is 67.1. The monoisotopic (exact) mass is 3050 g/mol. The molecule has 724 valence electrons. The van der Waals surface area contributed by atoms with Gasteiger partial charge in [-0.1, -0.05) is 429 Å². The fourth-order valence-corrected chi connectivity index (χ4v) is 35.6. The van der Waals surface area contributed by atoms with Crippen LogP contribution in [0.2, 0.25) is 0 Å². The van der Waals surface area contributed by atoms with Crippen LogP contribution in [0.5, 0.6) is 0 Å².